The van der Waals surface area contributed by atoms with Gasteiger partial charge in [0, 0.05) is 11.1 Å². The predicted molar refractivity (Wildman–Crippen MR) is 79.6 cm³/mol. The molecule has 2 heterocycles. The van der Waals surface area contributed by atoms with Gasteiger partial charge in [0.25, 0.3) is 5.56 Å². The van der Waals surface area contributed by atoms with Crippen molar-refractivity contribution in [1.82, 2.24) is 9.97 Å². The second-order valence-electron chi connectivity index (χ2n) is 4.72. The summed E-state index contributed by atoms with van der Waals surface area (Å²) in [4.78, 5) is 31.7. The minimum Gasteiger partial charge on any atom is -0.494 e. The molecule has 108 valence electrons. The van der Waals surface area contributed by atoms with Crippen LogP contribution >= 0.6 is 0 Å². The van der Waals surface area contributed by atoms with E-state index in [1.54, 1.807) is 31.2 Å². The Balaban J connectivity index is 2.37. The average Bonchev–Trinajstić information content (AvgIpc) is 2.85. The van der Waals surface area contributed by atoms with Crippen molar-refractivity contribution in [2.24, 2.45) is 4.99 Å². The van der Waals surface area contributed by atoms with E-state index in [9.17, 15) is 14.7 Å². The lowest BCUT2D eigenvalue weighted by Crippen LogP contribution is -2.27. The minimum atomic E-state index is -0.804. The SMILES string of the molecule is C/C(C#N)=C1\N=C(c2c(O)[nH]c(=O)[nH]c2=O)c2ccccc21. The fourth-order valence-electron chi connectivity index (χ4n) is 2.35. The topological polar surface area (TPSA) is 122 Å². The molecule has 0 atom stereocenters. The van der Waals surface area contributed by atoms with Crippen LogP contribution in [-0.4, -0.2) is 20.8 Å². The van der Waals surface area contributed by atoms with E-state index in [-0.39, 0.29) is 11.3 Å². The van der Waals surface area contributed by atoms with E-state index < -0.39 is 17.1 Å². The molecule has 1 aliphatic rings. The van der Waals surface area contributed by atoms with E-state index in [0.29, 0.717) is 22.4 Å². The van der Waals surface area contributed by atoms with Gasteiger partial charge in [-0.05, 0) is 6.92 Å². The monoisotopic (exact) mass is 294 g/mol. The molecule has 1 aromatic carbocycles. The molecule has 3 N–H and O–H groups in total. The van der Waals surface area contributed by atoms with Gasteiger partial charge >= 0.3 is 5.69 Å². The number of fused-ring (bicyclic) bond motifs is 1. The molecule has 0 bridgehead atoms. The number of hydrogen-bond acceptors (Lipinski definition) is 5. The van der Waals surface area contributed by atoms with Crippen molar-refractivity contribution in [3.05, 3.63) is 67.4 Å². The lowest BCUT2D eigenvalue weighted by molar-refractivity contribution is 0.447. The zero-order chi connectivity index (χ0) is 15.9. The number of benzene rings is 1. The number of aromatic hydroxyl groups is 1. The van der Waals surface area contributed by atoms with Gasteiger partial charge in [-0.1, -0.05) is 24.3 Å². The van der Waals surface area contributed by atoms with Gasteiger partial charge in [0.05, 0.1) is 23.1 Å². The van der Waals surface area contributed by atoms with Crippen molar-refractivity contribution in [2.75, 3.05) is 0 Å². The van der Waals surface area contributed by atoms with Crippen LogP contribution in [0.15, 0.2) is 44.4 Å². The summed E-state index contributed by atoms with van der Waals surface area (Å²) in [7, 11) is 0. The Morgan fingerprint density at radius 2 is 1.91 bits per heavy atom. The number of hydrogen-bond donors (Lipinski definition) is 3. The van der Waals surface area contributed by atoms with Crippen molar-refractivity contribution in [2.45, 2.75) is 6.92 Å². The van der Waals surface area contributed by atoms with Crippen LogP contribution in [-0.2, 0) is 0 Å². The van der Waals surface area contributed by atoms with Crippen molar-refractivity contribution in [3.8, 4) is 11.9 Å². The molecule has 0 unspecified atom stereocenters. The van der Waals surface area contributed by atoms with Crippen molar-refractivity contribution >= 4 is 11.4 Å². The minimum absolute atomic E-state index is 0.132. The lowest BCUT2D eigenvalue weighted by atomic mass is 9.99. The van der Waals surface area contributed by atoms with Gasteiger partial charge in [-0.3, -0.25) is 14.8 Å². The fourth-order valence-corrected chi connectivity index (χ4v) is 2.35. The number of nitrogens with zero attached hydrogens (tertiary/aromatic N) is 2. The molecule has 3 rings (SSSR count). The van der Waals surface area contributed by atoms with Crippen LogP contribution in [0.5, 0.6) is 5.88 Å². The molecule has 1 aromatic heterocycles. The van der Waals surface area contributed by atoms with Gasteiger partial charge in [0.1, 0.15) is 5.56 Å². The third-order valence-electron chi connectivity index (χ3n) is 3.34. The number of nitriles is 1. The quantitative estimate of drug-likeness (QED) is 0.675. The van der Waals surface area contributed by atoms with Crippen LogP contribution in [0.25, 0.3) is 5.70 Å². The van der Waals surface area contributed by atoms with Crippen LogP contribution in [0.1, 0.15) is 23.6 Å². The Bertz CT molecular complexity index is 1000. The predicted octanol–water partition coefficient (Wildman–Crippen LogP) is 0.874. The Morgan fingerprint density at radius 3 is 2.55 bits per heavy atom. The average molecular weight is 294 g/mol. The highest BCUT2D eigenvalue weighted by Gasteiger charge is 2.27. The molecule has 0 saturated heterocycles. The van der Waals surface area contributed by atoms with Crippen molar-refractivity contribution in [1.29, 1.82) is 5.26 Å². The summed E-state index contributed by atoms with van der Waals surface area (Å²) in [5.41, 5.74) is 0.679. The molecule has 7 nitrogen and oxygen atoms in total. The van der Waals surface area contributed by atoms with Gasteiger partial charge in [-0.2, -0.15) is 5.26 Å². The number of aromatic nitrogens is 2. The smallest absolute Gasteiger partial charge is 0.328 e. The maximum atomic E-state index is 12.0. The Morgan fingerprint density at radius 1 is 1.23 bits per heavy atom. The normalized spacial score (nSPS) is 15.0. The molecule has 2 aromatic rings. The van der Waals surface area contributed by atoms with Crippen LogP contribution < -0.4 is 11.2 Å². The second kappa shape index (κ2) is 4.86. The number of H-pyrrole nitrogens is 2. The molecule has 0 spiro atoms. The van der Waals surface area contributed by atoms with E-state index in [2.05, 4.69) is 15.0 Å². The first-order chi connectivity index (χ1) is 10.5. The Kier molecular flexibility index (Phi) is 3.00. The first-order valence-electron chi connectivity index (χ1n) is 6.38. The third-order valence-corrected chi connectivity index (χ3v) is 3.34. The van der Waals surface area contributed by atoms with Crippen molar-refractivity contribution < 1.29 is 5.11 Å². The number of aromatic amines is 2. The number of aliphatic imine (C=N–C) groups is 1. The van der Waals surface area contributed by atoms with Crippen LogP contribution in [0.2, 0.25) is 0 Å². The molecule has 0 fully saturated rings. The summed E-state index contributed by atoms with van der Waals surface area (Å²) < 4.78 is 0. The van der Waals surface area contributed by atoms with E-state index in [1.807, 2.05) is 6.07 Å². The zero-order valence-electron chi connectivity index (χ0n) is 11.5. The highest BCUT2D eigenvalue weighted by molar-refractivity contribution is 6.21. The second-order valence-corrected chi connectivity index (χ2v) is 4.72. The van der Waals surface area contributed by atoms with Gasteiger partial charge in [-0.25, -0.2) is 9.79 Å². The molecule has 0 aliphatic carbocycles. The summed E-state index contributed by atoms with van der Waals surface area (Å²) in [6, 6.07) is 9.08. The molecular weight excluding hydrogens is 284 g/mol. The van der Waals surface area contributed by atoms with Gasteiger partial charge in [0.15, 0.2) is 0 Å². The first-order valence-corrected chi connectivity index (χ1v) is 6.38. The van der Waals surface area contributed by atoms with E-state index in [1.165, 1.54) is 0 Å². The lowest BCUT2D eigenvalue weighted by Gasteiger charge is -2.03. The molecule has 1 aliphatic heterocycles. The van der Waals surface area contributed by atoms with Crippen LogP contribution in [0.4, 0.5) is 0 Å². The van der Waals surface area contributed by atoms with E-state index in [4.69, 9.17) is 5.26 Å². The van der Waals surface area contributed by atoms with E-state index >= 15 is 0 Å². The van der Waals surface area contributed by atoms with E-state index in [0.717, 1.165) is 0 Å². The molecular formula is C15H10N4O3. The molecule has 0 amide bonds. The third kappa shape index (κ3) is 1.94. The Labute approximate surface area is 123 Å². The molecule has 7 heteroatoms. The molecule has 0 saturated carbocycles. The highest BCUT2D eigenvalue weighted by Crippen LogP contribution is 2.33. The summed E-state index contributed by atoms with van der Waals surface area (Å²) in [6.07, 6.45) is 0. The van der Waals surface area contributed by atoms with Crippen molar-refractivity contribution in [3.63, 3.8) is 0 Å². The molecule has 22 heavy (non-hydrogen) atoms. The number of rotatable bonds is 1. The number of allylic oxidation sites excluding steroid dienone is 1. The highest BCUT2D eigenvalue weighted by atomic mass is 16.3. The number of nitrogens with one attached hydrogen (secondary N) is 2. The molecule has 0 radical (unpaired) electrons. The van der Waals surface area contributed by atoms with Crippen LogP contribution in [0, 0.1) is 11.3 Å². The maximum absolute atomic E-state index is 12.0. The van der Waals surface area contributed by atoms with Gasteiger partial charge in [0.2, 0.25) is 5.88 Å². The van der Waals surface area contributed by atoms with Gasteiger partial charge < -0.3 is 5.11 Å². The first kappa shape index (κ1) is 13.6. The largest absolute Gasteiger partial charge is 0.494 e. The summed E-state index contributed by atoms with van der Waals surface area (Å²) >= 11 is 0. The Hall–Kier alpha value is -3.40. The fraction of sp³-hybridized carbons (Fsp3) is 0.0667. The summed E-state index contributed by atoms with van der Waals surface area (Å²) in [5, 5.41) is 19.0. The van der Waals surface area contributed by atoms with Crippen LogP contribution in [0.3, 0.4) is 0 Å². The summed E-state index contributed by atoms with van der Waals surface area (Å²) in [5.74, 6) is -0.557. The van der Waals surface area contributed by atoms with Gasteiger partial charge in [-0.15, -0.1) is 0 Å². The maximum Gasteiger partial charge on any atom is 0.328 e. The standard InChI is InChI=1S/C15H10N4O3/c1-7(6-16)11-8-4-2-3-5-9(8)12(17-11)10-13(20)18-15(22)19-14(10)21/h2-5H,1H3,(H3,18,19,20,21,22)/b11-7+. The zero-order valence-corrected chi connectivity index (χ0v) is 11.5. The summed E-state index contributed by atoms with van der Waals surface area (Å²) in [6.45, 7) is 1.62.